The summed E-state index contributed by atoms with van der Waals surface area (Å²) in [6.45, 7) is 9.16. The smallest absolute Gasteiger partial charge is 0.309 e. The van der Waals surface area contributed by atoms with Gasteiger partial charge in [-0.1, -0.05) is 32.6 Å². The van der Waals surface area contributed by atoms with E-state index in [1.54, 1.807) is 4.57 Å². The number of ether oxygens (including phenoxy) is 1. The Bertz CT molecular complexity index is 1410. The number of aromatic nitrogens is 2. The number of nitrogen functional groups attached to an aromatic ring is 1. The van der Waals surface area contributed by atoms with Crippen LogP contribution in [0.1, 0.15) is 42.0 Å². The van der Waals surface area contributed by atoms with Crippen molar-refractivity contribution >= 4 is 30.6 Å². The van der Waals surface area contributed by atoms with Gasteiger partial charge in [0, 0.05) is 24.7 Å². The fraction of sp³-hybridized carbons (Fsp3) is 0.423. The predicted molar refractivity (Wildman–Crippen MR) is 135 cm³/mol. The third kappa shape index (κ3) is 3.65. The highest BCUT2D eigenvalue weighted by Gasteiger charge is 2.39. The second-order valence-electron chi connectivity index (χ2n) is 10.8. The number of anilines is 1. The summed E-state index contributed by atoms with van der Waals surface area (Å²) in [5.74, 6) is -0.499. The molecule has 0 radical (unpaired) electrons. The van der Waals surface area contributed by atoms with Crippen LogP contribution in [0.25, 0.3) is 22.3 Å². The SMILES string of the molecule is CCC1(O)CC(=O)OCc2c1cc1n(c2=O)Cc2c-1nc1ccc(N)cc1c2CC[Si](C)(C)C. The molecule has 34 heavy (non-hydrogen) atoms. The number of hydrogen-bond acceptors (Lipinski definition) is 6. The molecule has 0 saturated heterocycles. The lowest BCUT2D eigenvalue weighted by molar-refractivity contribution is -0.149. The zero-order valence-electron chi connectivity index (χ0n) is 20.2. The van der Waals surface area contributed by atoms with Crippen molar-refractivity contribution in [1.82, 2.24) is 9.55 Å². The highest BCUT2D eigenvalue weighted by Crippen LogP contribution is 2.41. The van der Waals surface area contributed by atoms with Crippen molar-refractivity contribution in [3.05, 3.63) is 56.9 Å². The Labute approximate surface area is 199 Å². The maximum Gasteiger partial charge on any atom is 0.309 e. The first kappa shape index (κ1) is 22.8. The minimum atomic E-state index is -1.44. The monoisotopic (exact) mass is 477 g/mol. The molecule has 2 aliphatic rings. The molecule has 0 fully saturated rings. The number of rotatable bonds is 4. The van der Waals surface area contributed by atoms with E-state index in [-0.39, 0.29) is 18.6 Å². The fourth-order valence-electron chi connectivity index (χ4n) is 5.16. The molecule has 0 amide bonds. The van der Waals surface area contributed by atoms with Gasteiger partial charge in [0.05, 0.1) is 35.4 Å². The molecular weight excluding hydrogens is 446 g/mol. The average Bonchev–Trinajstić information content (AvgIpc) is 3.07. The number of aryl methyl sites for hydroxylation is 1. The number of benzene rings is 1. The van der Waals surface area contributed by atoms with Crippen LogP contribution in [0.4, 0.5) is 5.69 Å². The molecule has 2 aliphatic heterocycles. The highest BCUT2D eigenvalue weighted by atomic mass is 28.3. The minimum absolute atomic E-state index is 0.125. The zero-order valence-corrected chi connectivity index (χ0v) is 21.2. The summed E-state index contributed by atoms with van der Waals surface area (Å²) in [5.41, 5.74) is 10.5. The van der Waals surface area contributed by atoms with Crippen LogP contribution in [0.3, 0.4) is 0 Å². The first-order valence-corrected chi connectivity index (χ1v) is 15.6. The zero-order chi connectivity index (χ0) is 24.4. The quantitative estimate of drug-likeness (QED) is 0.262. The van der Waals surface area contributed by atoms with Crippen LogP contribution in [-0.2, 0) is 34.7 Å². The Balaban J connectivity index is 1.76. The van der Waals surface area contributed by atoms with E-state index < -0.39 is 19.6 Å². The van der Waals surface area contributed by atoms with Crippen LogP contribution in [0.5, 0.6) is 0 Å². The number of carbonyl (C=O) groups excluding carboxylic acids is 1. The van der Waals surface area contributed by atoms with Crippen LogP contribution in [-0.4, -0.2) is 28.7 Å². The minimum Gasteiger partial charge on any atom is -0.460 e. The van der Waals surface area contributed by atoms with Crippen LogP contribution < -0.4 is 11.3 Å². The first-order chi connectivity index (χ1) is 16.0. The molecule has 7 nitrogen and oxygen atoms in total. The Morgan fingerprint density at radius 1 is 1.21 bits per heavy atom. The van der Waals surface area contributed by atoms with Gasteiger partial charge in [-0.15, -0.1) is 0 Å². The summed E-state index contributed by atoms with van der Waals surface area (Å²) in [6.07, 6.45) is 1.04. The van der Waals surface area contributed by atoms with Gasteiger partial charge in [0.25, 0.3) is 5.56 Å². The molecular formula is C26H31N3O4Si. The molecule has 8 heteroatoms. The average molecular weight is 478 g/mol. The molecule has 4 heterocycles. The maximum atomic E-state index is 13.6. The second kappa shape index (κ2) is 7.78. The van der Waals surface area contributed by atoms with E-state index >= 15 is 0 Å². The van der Waals surface area contributed by atoms with Crippen LogP contribution in [0.2, 0.25) is 25.7 Å². The van der Waals surface area contributed by atoms with E-state index in [9.17, 15) is 14.7 Å². The van der Waals surface area contributed by atoms with Crippen molar-refractivity contribution in [3.63, 3.8) is 0 Å². The first-order valence-electron chi connectivity index (χ1n) is 11.9. The Morgan fingerprint density at radius 3 is 2.68 bits per heavy atom. The van der Waals surface area contributed by atoms with Crippen molar-refractivity contribution in [2.45, 2.75) is 70.6 Å². The third-order valence-electron chi connectivity index (χ3n) is 7.21. The number of nitrogens with zero attached hydrogens (tertiary/aromatic N) is 2. The lowest BCUT2D eigenvalue weighted by Crippen LogP contribution is -2.32. The van der Waals surface area contributed by atoms with Crippen molar-refractivity contribution in [2.24, 2.45) is 0 Å². The van der Waals surface area contributed by atoms with E-state index in [1.807, 2.05) is 31.2 Å². The standard InChI is InChI=1S/C26H31N3O4Si/c1-5-26(32)12-23(30)33-14-19-20(26)11-22-24-18(13-29(22)25(19)31)16(8-9-34(2,3)4)17-10-15(27)6-7-21(17)28-24/h6-7,10-11,32H,5,8-9,12-14,27H2,1-4H3. The summed E-state index contributed by atoms with van der Waals surface area (Å²) in [6, 6.07) is 8.73. The number of cyclic esters (lactones) is 1. The Kier molecular flexibility index (Phi) is 5.22. The molecule has 0 aliphatic carbocycles. The number of aliphatic hydroxyl groups is 1. The summed E-state index contributed by atoms with van der Waals surface area (Å²) in [7, 11) is -1.32. The van der Waals surface area contributed by atoms with Gasteiger partial charge in [-0.3, -0.25) is 9.59 Å². The van der Waals surface area contributed by atoms with Gasteiger partial charge in [-0.25, -0.2) is 4.98 Å². The fourth-order valence-corrected chi connectivity index (χ4v) is 6.16. The second-order valence-corrected chi connectivity index (χ2v) is 16.4. The van der Waals surface area contributed by atoms with Crippen LogP contribution >= 0.6 is 0 Å². The number of carbonyl (C=O) groups is 1. The Morgan fingerprint density at radius 2 is 1.97 bits per heavy atom. The van der Waals surface area contributed by atoms with Gasteiger partial charge in [0.1, 0.15) is 12.2 Å². The molecule has 1 unspecified atom stereocenters. The van der Waals surface area contributed by atoms with Crippen molar-refractivity contribution in [2.75, 3.05) is 5.73 Å². The van der Waals surface area contributed by atoms with Gasteiger partial charge in [-0.05, 0) is 48.2 Å². The van der Waals surface area contributed by atoms with Gasteiger partial charge in [0.15, 0.2) is 0 Å². The maximum absolute atomic E-state index is 13.6. The van der Waals surface area contributed by atoms with E-state index in [0.717, 1.165) is 34.6 Å². The van der Waals surface area contributed by atoms with Gasteiger partial charge in [-0.2, -0.15) is 0 Å². The van der Waals surface area contributed by atoms with Crippen molar-refractivity contribution in [3.8, 4) is 11.4 Å². The predicted octanol–water partition coefficient (Wildman–Crippen LogP) is 3.93. The number of fused-ring (bicyclic) bond motifs is 5. The molecule has 178 valence electrons. The van der Waals surface area contributed by atoms with Crippen molar-refractivity contribution < 1.29 is 14.6 Å². The van der Waals surface area contributed by atoms with Gasteiger partial charge in [0.2, 0.25) is 0 Å². The molecule has 0 spiro atoms. The molecule has 5 rings (SSSR count). The Hall–Kier alpha value is -2.97. The largest absolute Gasteiger partial charge is 0.460 e. The van der Waals surface area contributed by atoms with E-state index in [0.29, 0.717) is 35.5 Å². The molecule has 1 aromatic carbocycles. The molecule has 0 saturated carbocycles. The van der Waals surface area contributed by atoms with Crippen LogP contribution in [0, 0.1) is 0 Å². The normalized spacial score (nSPS) is 19.4. The number of hydrogen-bond donors (Lipinski definition) is 2. The molecule has 3 N–H and O–H groups in total. The van der Waals surface area contributed by atoms with Crippen LogP contribution in [0.15, 0.2) is 29.1 Å². The molecule has 3 aromatic rings. The lowest BCUT2D eigenvalue weighted by Gasteiger charge is -2.26. The van der Waals surface area contributed by atoms with E-state index in [2.05, 4.69) is 19.6 Å². The topological polar surface area (TPSA) is 107 Å². The van der Waals surface area contributed by atoms with Crippen molar-refractivity contribution in [1.29, 1.82) is 0 Å². The van der Waals surface area contributed by atoms with E-state index in [1.165, 1.54) is 5.56 Å². The van der Waals surface area contributed by atoms with Gasteiger partial charge < -0.3 is 20.1 Å². The molecule has 1 atom stereocenters. The lowest BCUT2D eigenvalue weighted by atomic mass is 9.85. The number of nitrogens with two attached hydrogens (primary N) is 1. The summed E-state index contributed by atoms with van der Waals surface area (Å²) in [5, 5.41) is 12.4. The highest BCUT2D eigenvalue weighted by molar-refractivity contribution is 6.76. The molecule has 0 bridgehead atoms. The molecule has 2 aromatic heterocycles. The third-order valence-corrected chi connectivity index (χ3v) is 8.96. The summed E-state index contributed by atoms with van der Waals surface area (Å²) in [4.78, 5) is 30.7. The van der Waals surface area contributed by atoms with Gasteiger partial charge >= 0.3 is 5.97 Å². The number of pyridine rings is 2. The summed E-state index contributed by atoms with van der Waals surface area (Å²) < 4.78 is 7.00. The summed E-state index contributed by atoms with van der Waals surface area (Å²) >= 11 is 0. The number of esters is 1. The van der Waals surface area contributed by atoms with E-state index in [4.69, 9.17) is 15.5 Å².